The molecule has 2 aromatic carbocycles. The summed E-state index contributed by atoms with van der Waals surface area (Å²) in [4.78, 5) is 9.94. The van der Waals surface area contributed by atoms with Crippen molar-refractivity contribution in [2.24, 2.45) is 9.98 Å². The molecule has 3 nitrogen and oxygen atoms in total. The average Bonchev–Trinajstić information content (AvgIpc) is 2.69. The minimum atomic E-state index is -0.696. The van der Waals surface area contributed by atoms with Gasteiger partial charge in [-0.2, -0.15) is 0 Å². The van der Waals surface area contributed by atoms with Crippen molar-refractivity contribution in [1.29, 1.82) is 0 Å². The Hall–Kier alpha value is -2.65. The highest BCUT2D eigenvalue weighted by Gasteiger charge is 2.31. The molecule has 26 heavy (non-hydrogen) atoms. The first-order valence-corrected chi connectivity index (χ1v) is 9.16. The largest absolute Gasteiger partial charge is 0.325 e. The summed E-state index contributed by atoms with van der Waals surface area (Å²) in [5.41, 5.74) is 2.57. The Morgan fingerprint density at radius 2 is 1.69 bits per heavy atom. The first-order valence-electron chi connectivity index (χ1n) is 8.78. The number of rotatable bonds is 3. The van der Waals surface area contributed by atoms with Crippen LogP contribution in [0, 0.1) is 0 Å². The van der Waals surface area contributed by atoms with E-state index in [0.717, 1.165) is 35.6 Å². The van der Waals surface area contributed by atoms with Crippen LogP contribution in [0.4, 0.5) is 0 Å². The van der Waals surface area contributed by atoms with Crippen LogP contribution in [0.15, 0.2) is 88.4 Å². The molecular weight excluding hydrogens is 342 g/mol. The Morgan fingerprint density at radius 3 is 2.38 bits per heavy atom. The van der Waals surface area contributed by atoms with E-state index in [-0.39, 0.29) is 0 Å². The van der Waals surface area contributed by atoms with Gasteiger partial charge in [-0.1, -0.05) is 72.3 Å². The van der Waals surface area contributed by atoms with Gasteiger partial charge < -0.3 is 5.32 Å². The average molecular weight is 362 g/mol. The van der Waals surface area contributed by atoms with Gasteiger partial charge in [0.15, 0.2) is 5.66 Å². The Labute approximate surface area is 158 Å². The van der Waals surface area contributed by atoms with Gasteiger partial charge in [0, 0.05) is 16.1 Å². The summed E-state index contributed by atoms with van der Waals surface area (Å²) in [6.07, 6.45) is 8.41. The van der Waals surface area contributed by atoms with Gasteiger partial charge in [-0.15, -0.1) is 0 Å². The topological polar surface area (TPSA) is 36.8 Å². The lowest BCUT2D eigenvalue weighted by Crippen LogP contribution is -2.41. The molecule has 0 spiro atoms. The second-order valence-electron chi connectivity index (χ2n) is 6.60. The maximum absolute atomic E-state index is 6.07. The fraction of sp³-hybridized carbons (Fsp3) is 0.182. The van der Waals surface area contributed by atoms with Crippen molar-refractivity contribution >= 4 is 23.3 Å². The third-order valence-corrected chi connectivity index (χ3v) is 4.90. The maximum atomic E-state index is 6.07. The predicted molar refractivity (Wildman–Crippen MR) is 109 cm³/mol. The van der Waals surface area contributed by atoms with Crippen LogP contribution < -0.4 is 5.32 Å². The molecule has 0 fully saturated rings. The maximum Gasteiger partial charge on any atom is 0.177 e. The molecule has 1 aliphatic carbocycles. The molecule has 4 heteroatoms. The van der Waals surface area contributed by atoms with Crippen molar-refractivity contribution in [3.63, 3.8) is 0 Å². The van der Waals surface area contributed by atoms with Crippen molar-refractivity contribution in [2.75, 3.05) is 0 Å². The summed E-state index contributed by atoms with van der Waals surface area (Å²) in [6.45, 7) is 2.04. The van der Waals surface area contributed by atoms with Gasteiger partial charge in [-0.05, 0) is 37.5 Å². The summed E-state index contributed by atoms with van der Waals surface area (Å²) in [5.74, 6) is 1.73. The standard InChI is InChI=1S/C22H20ClN3/c1-22(18-12-14-19(23)15-13-18)25-20(16-8-4-2-5-9-16)24-21(26-22)17-10-6-3-7-11-17/h2-6,8-10,12-15H,7,11H2,1H3,(H,24,25,26). The van der Waals surface area contributed by atoms with Gasteiger partial charge in [0.05, 0.1) is 0 Å². The molecule has 2 aliphatic rings. The van der Waals surface area contributed by atoms with E-state index in [0.29, 0.717) is 5.02 Å². The third kappa shape index (κ3) is 3.35. The first-order chi connectivity index (χ1) is 12.6. The molecule has 1 atom stereocenters. The molecule has 1 aliphatic heterocycles. The van der Waals surface area contributed by atoms with Crippen LogP contribution >= 0.6 is 11.6 Å². The van der Waals surface area contributed by atoms with Gasteiger partial charge in [-0.3, -0.25) is 0 Å². The Kier molecular flexibility index (Phi) is 4.48. The van der Waals surface area contributed by atoms with Crippen LogP contribution in [-0.2, 0) is 5.66 Å². The minimum absolute atomic E-state index is 0.696. The summed E-state index contributed by atoms with van der Waals surface area (Å²) in [6, 6.07) is 17.9. The van der Waals surface area contributed by atoms with Gasteiger partial charge in [0.25, 0.3) is 0 Å². The summed E-state index contributed by atoms with van der Waals surface area (Å²) in [7, 11) is 0. The fourth-order valence-electron chi connectivity index (χ4n) is 3.21. The molecule has 1 unspecified atom stereocenters. The Bertz CT molecular complexity index is 924. The molecule has 1 heterocycles. The van der Waals surface area contributed by atoms with Crippen LogP contribution in [0.25, 0.3) is 0 Å². The van der Waals surface area contributed by atoms with Crippen LogP contribution in [-0.4, -0.2) is 11.7 Å². The van der Waals surface area contributed by atoms with E-state index >= 15 is 0 Å². The van der Waals surface area contributed by atoms with E-state index in [2.05, 4.69) is 35.7 Å². The number of allylic oxidation sites excluding steroid dienone is 3. The quantitative estimate of drug-likeness (QED) is 0.797. The molecule has 0 bridgehead atoms. The molecule has 1 N–H and O–H groups in total. The molecule has 2 aromatic rings. The SMILES string of the molecule is CC1(c2ccc(Cl)cc2)N=C(C2=CC=CCC2)NC(c2ccccc2)=N1. The molecule has 0 aromatic heterocycles. The zero-order chi connectivity index (χ0) is 18.0. The number of hydrogen-bond acceptors (Lipinski definition) is 3. The molecule has 0 saturated heterocycles. The second-order valence-corrected chi connectivity index (χ2v) is 7.03. The molecule has 0 radical (unpaired) electrons. The highest BCUT2D eigenvalue weighted by molar-refractivity contribution is 6.30. The molecular formula is C22H20ClN3. The van der Waals surface area contributed by atoms with Crippen LogP contribution in [0.1, 0.15) is 30.9 Å². The molecule has 4 rings (SSSR count). The number of aliphatic imine (C=N–C) groups is 2. The summed E-state index contributed by atoms with van der Waals surface area (Å²) >= 11 is 6.07. The number of nitrogens with one attached hydrogen (secondary N) is 1. The van der Waals surface area contributed by atoms with Gasteiger partial charge in [0.2, 0.25) is 0 Å². The van der Waals surface area contributed by atoms with Crippen molar-refractivity contribution in [3.05, 3.63) is 94.5 Å². The zero-order valence-corrected chi connectivity index (χ0v) is 15.4. The highest BCUT2D eigenvalue weighted by Crippen LogP contribution is 2.32. The van der Waals surface area contributed by atoms with Crippen molar-refractivity contribution in [1.82, 2.24) is 5.32 Å². The summed E-state index contributed by atoms with van der Waals surface area (Å²) < 4.78 is 0. The zero-order valence-electron chi connectivity index (χ0n) is 14.6. The highest BCUT2D eigenvalue weighted by atomic mass is 35.5. The van der Waals surface area contributed by atoms with Gasteiger partial charge in [0.1, 0.15) is 11.7 Å². The van der Waals surface area contributed by atoms with Crippen molar-refractivity contribution < 1.29 is 0 Å². The number of halogens is 1. The van der Waals surface area contributed by atoms with E-state index < -0.39 is 5.66 Å². The van der Waals surface area contributed by atoms with Crippen LogP contribution in [0.5, 0.6) is 0 Å². The van der Waals surface area contributed by atoms with E-state index in [9.17, 15) is 0 Å². The van der Waals surface area contributed by atoms with Crippen molar-refractivity contribution in [2.45, 2.75) is 25.4 Å². The predicted octanol–water partition coefficient (Wildman–Crippen LogP) is 5.24. The van der Waals surface area contributed by atoms with E-state index in [1.165, 1.54) is 5.57 Å². The molecule has 130 valence electrons. The van der Waals surface area contributed by atoms with Gasteiger partial charge >= 0.3 is 0 Å². The smallest absolute Gasteiger partial charge is 0.177 e. The fourth-order valence-corrected chi connectivity index (χ4v) is 3.33. The molecule has 0 amide bonds. The lowest BCUT2D eigenvalue weighted by molar-refractivity contribution is 0.517. The first kappa shape index (κ1) is 16.8. The Morgan fingerprint density at radius 1 is 0.962 bits per heavy atom. The van der Waals surface area contributed by atoms with E-state index in [4.69, 9.17) is 21.6 Å². The molecule has 0 saturated carbocycles. The monoisotopic (exact) mass is 361 g/mol. The minimum Gasteiger partial charge on any atom is -0.325 e. The van der Waals surface area contributed by atoms with Crippen LogP contribution in [0.2, 0.25) is 5.02 Å². The summed E-state index contributed by atoms with van der Waals surface area (Å²) in [5, 5.41) is 4.16. The number of benzene rings is 2. The number of hydrogen-bond donors (Lipinski definition) is 1. The van der Waals surface area contributed by atoms with Crippen LogP contribution in [0.3, 0.4) is 0 Å². The Balaban J connectivity index is 1.82. The van der Waals surface area contributed by atoms with Gasteiger partial charge in [-0.25, -0.2) is 9.98 Å². The van der Waals surface area contributed by atoms with E-state index in [1.807, 2.05) is 49.4 Å². The lowest BCUT2D eigenvalue weighted by atomic mass is 9.98. The lowest BCUT2D eigenvalue weighted by Gasteiger charge is -2.31. The number of amidine groups is 2. The van der Waals surface area contributed by atoms with E-state index in [1.54, 1.807) is 0 Å². The third-order valence-electron chi connectivity index (χ3n) is 4.65. The number of nitrogens with zero attached hydrogens (tertiary/aromatic N) is 2. The second kappa shape index (κ2) is 6.93. The normalized spacial score (nSPS) is 22.2. The van der Waals surface area contributed by atoms with Crippen molar-refractivity contribution in [3.8, 4) is 0 Å².